The predicted octanol–water partition coefficient (Wildman–Crippen LogP) is 4.36. The van der Waals surface area contributed by atoms with E-state index >= 15 is 0 Å². The Bertz CT molecular complexity index is 467. The zero-order valence-electron chi connectivity index (χ0n) is 15.0. The van der Waals surface area contributed by atoms with Crippen molar-refractivity contribution in [1.82, 2.24) is 9.97 Å². The summed E-state index contributed by atoms with van der Waals surface area (Å²) in [5.41, 5.74) is 1.36. The van der Waals surface area contributed by atoms with Gasteiger partial charge in [0.2, 0.25) is 0 Å². The van der Waals surface area contributed by atoms with Crippen molar-refractivity contribution in [3.63, 3.8) is 0 Å². The van der Waals surface area contributed by atoms with E-state index in [9.17, 15) is 0 Å². The van der Waals surface area contributed by atoms with Gasteiger partial charge in [-0.2, -0.15) is 0 Å². The van der Waals surface area contributed by atoms with Gasteiger partial charge >= 0.3 is 0 Å². The van der Waals surface area contributed by atoms with Crippen LogP contribution < -0.4 is 10.6 Å². The van der Waals surface area contributed by atoms with Crippen LogP contribution in [0, 0.1) is 12.3 Å². The molecule has 1 heterocycles. The zero-order chi connectivity index (χ0) is 16.3. The van der Waals surface area contributed by atoms with E-state index < -0.39 is 0 Å². The number of anilines is 2. The molecule has 0 aromatic carbocycles. The van der Waals surface area contributed by atoms with Crippen LogP contribution in [0.1, 0.15) is 66.3 Å². The fourth-order valence-electron chi connectivity index (χ4n) is 1.92. The van der Waals surface area contributed by atoms with Crippen LogP contribution in [0.2, 0.25) is 0 Å². The topological polar surface area (TPSA) is 49.8 Å². The molecule has 0 fully saturated rings. The molecule has 0 aliphatic carbocycles. The minimum Gasteiger partial charge on any atom is -0.370 e. The Morgan fingerprint density at radius 2 is 1.43 bits per heavy atom. The largest absolute Gasteiger partial charge is 0.370 e. The normalized spacial score (nSPS) is 12.4. The van der Waals surface area contributed by atoms with Crippen molar-refractivity contribution in [1.29, 1.82) is 0 Å². The summed E-state index contributed by atoms with van der Waals surface area (Å²) in [5, 5.41) is 6.83. The molecule has 0 aliphatic heterocycles. The molecule has 0 radical (unpaired) electrons. The van der Waals surface area contributed by atoms with E-state index in [0.29, 0.717) is 5.41 Å². The first kappa shape index (κ1) is 17.7. The molecule has 0 bridgehead atoms. The summed E-state index contributed by atoms with van der Waals surface area (Å²) in [5.74, 6) is 2.77. The van der Waals surface area contributed by atoms with E-state index in [4.69, 9.17) is 4.98 Å². The Hall–Kier alpha value is -1.32. The van der Waals surface area contributed by atoms with Gasteiger partial charge in [-0.15, -0.1) is 0 Å². The van der Waals surface area contributed by atoms with Crippen molar-refractivity contribution in [2.75, 3.05) is 23.7 Å². The van der Waals surface area contributed by atoms with Gasteiger partial charge < -0.3 is 10.6 Å². The highest BCUT2D eigenvalue weighted by Gasteiger charge is 2.21. The molecular weight excluding hydrogens is 260 g/mol. The molecule has 0 saturated heterocycles. The lowest BCUT2D eigenvalue weighted by Crippen LogP contribution is -2.21. The van der Waals surface area contributed by atoms with Crippen molar-refractivity contribution in [3.05, 3.63) is 11.4 Å². The Kier molecular flexibility index (Phi) is 5.60. The maximum atomic E-state index is 4.74. The van der Waals surface area contributed by atoms with Crippen LogP contribution in [0.5, 0.6) is 0 Å². The van der Waals surface area contributed by atoms with E-state index in [-0.39, 0.29) is 5.41 Å². The second-order valence-corrected chi connectivity index (χ2v) is 7.89. The number of aromatic nitrogens is 2. The van der Waals surface area contributed by atoms with Crippen LogP contribution >= 0.6 is 0 Å². The van der Waals surface area contributed by atoms with Crippen LogP contribution in [0.3, 0.4) is 0 Å². The predicted molar refractivity (Wildman–Crippen MR) is 92.2 cm³/mol. The molecule has 0 atom stereocenters. The lowest BCUT2D eigenvalue weighted by atomic mass is 9.92. The van der Waals surface area contributed by atoms with Gasteiger partial charge in [-0.05, 0) is 25.7 Å². The summed E-state index contributed by atoms with van der Waals surface area (Å²) in [6.45, 7) is 19.2. The number of hydrogen-bond acceptors (Lipinski definition) is 4. The minimum absolute atomic E-state index is 0.0572. The average molecular weight is 292 g/mol. The standard InChI is InChI=1S/C17H32N4/c1-9-18-13-12(2)14(19-11-10-16(3,4)5)21-15(20-13)17(6,7)8/h9-11H2,1-8H3,(H2,18,19,20,21). The van der Waals surface area contributed by atoms with Gasteiger partial charge in [-0.25, -0.2) is 9.97 Å². The van der Waals surface area contributed by atoms with Crippen molar-refractivity contribution in [3.8, 4) is 0 Å². The third-order valence-corrected chi connectivity index (χ3v) is 3.33. The number of nitrogens with zero attached hydrogens (tertiary/aromatic N) is 2. The maximum Gasteiger partial charge on any atom is 0.138 e. The van der Waals surface area contributed by atoms with Crippen molar-refractivity contribution < 1.29 is 0 Å². The highest BCUT2D eigenvalue weighted by atomic mass is 15.1. The number of rotatable bonds is 5. The second kappa shape index (κ2) is 6.63. The minimum atomic E-state index is -0.0572. The van der Waals surface area contributed by atoms with Crippen LogP contribution in [-0.4, -0.2) is 23.1 Å². The van der Waals surface area contributed by atoms with E-state index in [0.717, 1.165) is 42.5 Å². The third kappa shape index (κ3) is 5.52. The summed E-state index contributed by atoms with van der Waals surface area (Å²) in [4.78, 5) is 9.43. The molecular formula is C17H32N4. The van der Waals surface area contributed by atoms with Gasteiger partial charge in [-0.3, -0.25) is 0 Å². The first-order valence-corrected chi connectivity index (χ1v) is 7.91. The van der Waals surface area contributed by atoms with E-state index in [1.54, 1.807) is 0 Å². The lowest BCUT2D eigenvalue weighted by Gasteiger charge is -2.22. The Labute approximate surface area is 130 Å². The Morgan fingerprint density at radius 1 is 0.905 bits per heavy atom. The smallest absolute Gasteiger partial charge is 0.138 e. The van der Waals surface area contributed by atoms with Crippen molar-refractivity contribution in [2.24, 2.45) is 5.41 Å². The van der Waals surface area contributed by atoms with Crippen molar-refractivity contribution >= 4 is 11.6 Å². The highest BCUT2D eigenvalue weighted by Crippen LogP contribution is 2.27. The molecule has 2 N–H and O–H groups in total. The summed E-state index contributed by atoms with van der Waals surface area (Å²) >= 11 is 0. The Balaban J connectivity index is 3.03. The maximum absolute atomic E-state index is 4.74. The second-order valence-electron chi connectivity index (χ2n) is 7.89. The van der Waals surface area contributed by atoms with E-state index in [1.165, 1.54) is 0 Å². The van der Waals surface area contributed by atoms with Gasteiger partial charge in [0.25, 0.3) is 0 Å². The molecule has 0 saturated carbocycles. The molecule has 120 valence electrons. The summed E-state index contributed by atoms with van der Waals surface area (Å²) < 4.78 is 0. The van der Waals surface area contributed by atoms with Gasteiger partial charge in [0.1, 0.15) is 17.5 Å². The zero-order valence-corrected chi connectivity index (χ0v) is 15.0. The first-order chi connectivity index (χ1) is 9.54. The van der Waals surface area contributed by atoms with Gasteiger partial charge in [0, 0.05) is 24.1 Å². The number of nitrogens with one attached hydrogen (secondary N) is 2. The van der Waals surface area contributed by atoms with Gasteiger partial charge in [-0.1, -0.05) is 41.5 Å². The van der Waals surface area contributed by atoms with E-state index in [1.807, 2.05) is 0 Å². The molecule has 0 unspecified atom stereocenters. The highest BCUT2D eigenvalue weighted by molar-refractivity contribution is 5.57. The quantitative estimate of drug-likeness (QED) is 0.846. The molecule has 4 nitrogen and oxygen atoms in total. The molecule has 1 aromatic heterocycles. The molecule has 0 aliphatic rings. The SMILES string of the molecule is CCNc1nc(C(C)(C)C)nc(NCCC(C)(C)C)c1C. The summed E-state index contributed by atoms with van der Waals surface area (Å²) in [6, 6.07) is 0. The van der Waals surface area contributed by atoms with Crippen LogP contribution in [0.25, 0.3) is 0 Å². The fourth-order valence-corrected chi connectivity index (χ4v) is 1.92. The summed E-state index contributed by atoms with van der Waals surface area (Å²) in [6.07, 6.45) is 1.11. The molecule has 0 amide bonds. The average Bonchev–Trinajstić information content (AvgIpc) is 2.31. The van der Waals surface area contributed by atoms with Crippen LogP contribution in [0.4, 0.5) is 11.6 Å². The van der Waals surface area contributed by atoms with Gasteiger partial charge in [0.15, 0.2) is 0 Å². The molecule has 0 spiro atoms. The lowest BCUT2D eigenvalue weighted by molar-refractivity contribution is 0.389. The first-order valence-electron chi connectivity index (χ1n) is 7.91. The molecule has 4 heteroatoms. The number of hydrogen-bond donors (Lipinski definition) is 2. The molecule has 21 heavy (non-hydrogen) atoms. The molecule has 1 rings (SSSR count). The third-order valence-electron chi connectivity index (χ3n) is 3.33. The molecule has 1 aromatic rings. The van der Waals surface area contributed by atoms with Crippen LogP contribution in [0.15, 0.2) is 0 Å². The Morgan fingerprint density at radius 3 is 1.86 bits per heavy atom. The monoisotopic (exact) mass is 292 g/mol. The van der Waals surface area contributed by atoms with E-state index in [2.05, 4.69) is 71.0 Å². The fraction of sp³-hybridized carbons (Fsp3) is 0.765. The van der Waals surface area contributed by atoms with Gasteiger partial charge in [0.05, 0.1) is 0 Å². The van der Waals surface area contributed by atoms with Crippen LogP contribution in [-0.2, 0) is 5.41 Å². The summed E-state index contributed by atoms with van der Waals surface area (Å²) in [7, 11) is 0. The van der Waals surface area contributed by atoms with Crippen molar-refractivity contribution in [2.45, 2.75) is 67.2 Å².